The minimum absolute atomic E-state index is 0.00365. The van der Waals surface area contributed by atoms with Crippen LogP contribution in [-0.4, -0.2) is 23.2 Å². The SMILES string of the molecule is CCC1(C)CC(Nc2ccc(Cl)nc2C)CCO1. The Bertz CT molecular complexity index is 424. The molecule has 0 aromatic carbocycles. The normalized spacial score (nSPS) is 28.1. The van der Waals surface area contributed by atoms with E-state index in [9.17, 15) is 0 Å². The highest BCUT2D eigenvalue weighted by molar-refractivity contribution is 6.29. The maximum Gasteiger partial charge on any atom is 0.129 e. The zero-order valence-electron chi connectivity index (χ0n) is 11.3. The zero-order valence-corrected chi connectivity index (χ0v) is 12.0. The van der Waals surface area contributed by atoms with E-state index in [1.54, 1.807) is 0 Å². The molecule has 2 unspecified atom stereocenters. The first kappa shape index (κ1) is 13.6. The number of pyridine rings is 1. The van der Waals surface area contributed by atoms with E-state index in [1.165, 1.54) is 0 Å². The number of aromatic nitrogens is 1. The lowest BCUT2D eigenvalue weighted by Crippen LogP contribution is -2.42. The first-order valence-electron chi connectivity index (χ1n) is 6.56. The molecule has 1 aliphatic rings. The van der Waals surface area contributed by atoms with Gasteiger partial charge in [-0.25, -0.2) is 4.98 Å². The molecule has 0 saturated carbocycles. The van der Waals surface area contributed by atoms with Crippen molar-refractivity contribution >= 4 is 17.3 Å². The van der Waals surface area contributed by atoms with Crippen molar-refractivity contribution in [3.05, 3.63) is 23.0 Å². The molecule has 1 aromatic heterocycles. The summed E-state index contributed by atoms with van der Waals surface area (Å²) in [6.07, 6.45) is 3.12. The van der Waals surface area contributed by atoms with Crippen LogP contribution in [0.25, 0.3) is 0 Å². The molecule has 0 aliphatic carbocycles. The minimum atomic E-state index is 0.00365. The van der Waals surface area contributed by atoms with Crippen LogP contribution in [0.15, 0.2) is 12.1 Å². The van der Waals surface area contributed by atoms with Gasteiger partial charge < -0.3 is 10.1 Å². The lowest BCUT2D eigenvalue weighted by atomic mass is 9.90. The number of anilines is 1. The van der Waals surface area contributed by atoms with E-state index in [-0.39, 0.29) is 5.60 Å². The Labute approximate surface area is 114 Å². The highest BCUT2D eigenvalue weighted by atomic mass is 35.5. The van der Waals surface area contributed by atoms with Crippen LogP contribution in [0.1, 0.15) is 38.8 Å². The molecule has 1 N–H and O–H groups in total. The van der Waals surface area contributed by atoms with Crippen molar-refractivity contribution in [3.63, 3.8) is 0 Å². The number of rotatable bonds is 3. The van der Waals surface area contributed by atoms with Crippen molar-refractivity contribution in [2.75, 3.05) is 11.9 Å². The van der Waals surface area contributed by atoms with Crippen molar-refractivity contribution in [1.82, 2.24) is 4.98 Å². The molecule has 18 heavy (non-hydrogen) atoms. The molecule has 0 spiro atoms. The maximum atomic E-state index is 5.87. The molecular weight excluding hydrogens is 248 g/mol. The Morgan fingerprint density at radius 2 is 2.33 bits per heavy atom. The van der Waals surface area contributed by atoms with E-state index in [1.807, 2.05) is 19.1 Å². The molecule has 3 nitrogen and oxygen atoms in total. The van der Waals surface area contributed by atoms with Crippen molar-refractivity contribution in [1.29, 1.82) is 0 Å². The lowest BCUT2D eigenvalue weighted by Gasteiger charge is -2.38. The van der Waals surface area contributed by atoms with Gasteiger partial charge in [0.1, 0.15) is 5.15 Å². The molecule has 1 aromatic rings. The van der Waals surface area contributed by atoms with E-state index in [4.69, 9.17) is 16.3 Å². The van der Waals surface area contributed by atoms with Gasteiger partial charge in [0.25, 0.3) is 0 Å². The summed E-state index contributed by atoms with van der Waals surface area (Å²) in [5, 5.41) is 4.11. The van der Waals surface area contributed by atoms with Crippen LogP contribution in [0.3, 0.4) is 0 Å². The molecule has 0 radical (unpaired) electrons. The summed E-state index contributed by atoms with van der Waals surface area (Å²) >= 11 is 5.87. The largest absolute Gasteiger partial charge is 0.381 e. The van der Waals surface area contributed by atoms with Crippen molar-refractivity contribution < 1.29 is 4.74 Å². The summed E-state index contributed by atoms with van der Waals surface area (Å²) in [6, 6.07) is 4.28. The van der Waals surface area contributed by atoms with Crippen LogP contribution < -0.4 is 5.32 Å². The Balaban J connectivity index is 2.05. The Morgan fingerprint density at radius 3 is 3.00 bits per heavy atom. The summed E-state index contributed by atoms with van der Waals surface area (Å²) in [6.45, 7) is 7.17. The van der Waals surface area contributed by atoms with Crippen molar-refractivity contribution in [3.8, 4) is 0 Å². The topological polar surface area (TPSA) is 34.2 Å². The predicted octanol–water partition coefficient (Wildman–Crippen LogP) is 3.80. The van der Waals surface area contributed by atoms with E-state index >= 15 is 0 Å². The second-order valence-corrected chi connectivity index (χ2v) is 5.64. The molecule has 4 heteroatoms. The van der Waals surface area contributed by atoms with Crippen LogP contribution in [0.2, 0.25) is 5.15 Å². The first-order chi connectivity index (χ1) is 8.52. The third-order valence-electron chi connectivity index (χ3n) is 3.75. The van der Waals surface area contributed by atoms with Crippen LogP contribution in [0.4, 0.5) is 5.69 Å². The molecule has 1 aliphatic heterocycles. The van der Waals surface area contributed by atoms with Crippen LogP contribution in [0, 0.1) is 6.92 Å². The molecule has 1 fully saturated rings. The van der Waals surface area contributed by atoms with Gasteiger partial charge in [0.05, 0.1) is 17.0 Å². The van der Waals surface area contributed by atoms with Crippen LogP contribution in [-0.2, 0) is 4.74 Å². The average molecular weight is 269 g/mol. The summed E-state index contributed by atoms with van der Waals surface area (Å²) < 4.78 is 5.86. The van der Waals surface area contributed by atoms with Gasteiger partial charge in [-0.1, -0.05) is 18.5 Å². The van der Waals surface area contributed by atoms with Gasteiger partial charge in [-0.3, -0.25) is 0 Å². The van der Waals surface area contributed by atoms with Gasteiger partial charge in [-0.15, -0.1) is 0 Å². The fourth-order valence-corrected chi connectivity index (χ4v) is 2.59. The van der Waals surface area contributed by atoms with Gasteiger partial charge in [-0.05, 0) is 45.2 Å². The zero-order chi connectivity index (χ0) is 13.2. The number of hydrogen-bond acceptors (Lipinski definition) is 3. The number of nitrogens with one attached hydrogen (secondary N) is 1. The molecule has 2 atom stereocenters. The van der Waals surface area contributed by atoms with Crippen LogP contribution in [0.5, 0.6) is 0 Å². The van der Waals surface area contributed by atoms with Gasteiger partial charge in [0.2, 0.25) is 0 Å². The molecule has 0 amide bonds. The predicted molar refractivity (Wildman–Crippen MR) is 75.3 cm³/mol. The minimum Gasteiger partial charge on any atom is -0.381 e. The maximum absolute atomic E-state index is 5.87. The summed E-state index contributed by atoms with van der Waals surface area (Å²) in [5.41, 5.74) is 2.03. The fraction of sp³-hybridized carbons (Fsp3) is 0.643. The van der Waals surface area contributed by atoms with E-state index in [0.717, 1.165) is 37.3 Å². The van der Waals surface area contributed by atoms with Crippen molar-refractivity contribution in [2.45, 2.75) is 51.7 Å². The average Bonchev–Trinajstić information content (AvgIpc) is 2.33. The van der Waals surface area contributed by atoms with Gasteiger partial charge in [0.15, 0.2) is 0 Å². The van der Waals surface area contributed by atoms with E-state index in [2.05, 4.69) is 24.1 Å². The summed E-state index contributed by atoms with van der Waals surface area (Å²) in [4.78, 5) is 4.27. The Morgan fingerprint density at radius 1 is 1.56 bits per heavy atom. The third-order valence-corrected chi connectivity index (χ3v) is 3.96. The van der Waals surface area contributed by atoms with E-state index < -0.39 is 0 Å². The second-order valence-electron chi connectivity index (χ2n) is 5.25. The number of ether oxygens (including phenoxy) is 1. The number of nitrogens with zero attached hydrogens (tertiary/aromatic N) is 1. The Hall–Kier alpha value is -0.800. The van der Waals surface area contributed by atoms with Crippen molar-refractivity contribution in [2.24, 2.45) is 0 Å². The fourth-order valence-electron chi connectivity index (χ4n) is 2.40. The van der Waals surface area contributed by atoms with Gasteiger partial charge >= 0.3 is 0 Å². The molecule has 2 heterocycles. The number of halogens is 1. The van der Waals surface area contributed by atoms with E-state index in [0.29, 0.717) is 11.2 Å². The second kappa shape index (κ2) is 5.45. The molecular formula is C14H21ClN2O. The molecule has 0 bridgehead atoms. The first-order valence-corrected chi connectivity index (χ1v) is 6.94. The number of aryl methyl sites for hydroxylation is 1. The smallest absolute Gasteiger partial charge is 0.129 e. The highest BCUT2D eigenvalue weighted by Gasteiger charge is 2.31. The lowest BCUT2D eigenvalue weighted by molar-refractivity contribution is -0.0708. The standard InChI is InChI=1S/C14H21ClN2O/c1-4-14(3)9-11(7-8-18-14)17-12-5-6-13(15)16-10(12)2/h5-6,11,17H,4,7-9H2,1-3H3. The van der Waals surface area contributed by atoms with Crippen LogP contribution >= 0.6 is 11.6 Å². The molecule has 2 rings (SSSR count). The third kappa shape index (κ3) is 3.15. The van der Waals surface area contributed by atoms with Gasteiger partial charge in [0, 0.05) is 12.6 Å². The molecule has 100 valence electrons. The molecule has 1 saturated heterocycles. The Kier molecular flexibility index (Phi) is 4.13. The highest BCUT2D eigenvalue weighted by Crippen LogP contribution is 2.30. The number of hydrogen-bond donors (Lipinski definition) is 1. The summed E-state index contributed by atoms with van der Waals surface area (Å²) in [5.74, 6) is 0. The quantitative estimate of drug-likeness (QED) is 0.847. The monoisotopic (exact) mass is 268 g/mol. The van der Waals surface area contributed by atoms with Gasteiger partial charge in [-0.2, -0.15) is 0 Å². The summed E-state index contributed by atoms with van der Waals surface area (Å²) in [7, 11) is 0.